The van der Waals surface area contributed by atoms with E-state index in [4.69, 9.17) is 13.9 Å². The van der Waals surface area contributed by atoms with Gasteiger partial charge in [-0.05, 0) is 67.6 Å². The summed E-state index contributed by atoms with van der Waals surface area (Å²) >= 11 is 0. The van der Waals surface area contributed by atoms with E-state index in [9.17, 15) is 15.3 Å². The van der Waals surface area contributed by atoms with Crippen molar-refractivity contribution in [2.75, 3.05) is 13.2 Å². The number of unbranched alkanes of at least 4 members (excludes halogenated alkanes) is 4. The molecule has 0 spiro atoms. The van der Waals surface area contributed by atoms with E-state index < -0.39 is 0 Å². The number of fused-ring (bicyclic) bond motifs is 1. The zero-order chi connectivity index (χ0) is 39.6. The maximum Gasteiger partial charge on any atom is 0.239 e. The van der Waals surface area contributed by atoms with E-state index in [1.54, 1.807) is 6.07 Å². The molecule has 0 saturated carbocycles. The molecule has 3 rings (SSSR count). The number of benzene rings is 2. The van der Waals surface area contributed by atoms with Crippen molar-refractivity contribution in [3.05, 3.63) is 39.5 Å². The van der Waals surface area contributed by atoms with Gasteiger partial charge in [0.1, 0.15) is 22.5 Å². The Kier molecular flexibility index (Phi) is 19.6. The van der Waals surface area contributed by atoms with E-state index in [0.717, 1.165) is 103 Å². The highest BCUT2D eigenvalue weighted by molar-refractivity contribution is 5.93. The second-order valence-electron chi connectivity index (χ2n) is 15.8. The number of rotatable bonds is 27. The normalized spacial score (nSPS) is 13.9. The fraction of sp³-hybridized carbons (Fsp3) is 0.681. The van der Waals surface area contributed by atoms with Gasteiger partial charge in [0, 0.05) is 16.7 Å². The Morgan fingerprint density at radius 3 is 1.52 bits per heavy atom. The molecule has 2 aromatic carbocycles. The van der Waals surface area contributed by atoms with E-state index in [0.29, 0.717) is 71.3 Å². The lowest BCUT2D eigenvalue weighted by molar-refractivity contribution is 0.226. The van der Waals surface area contributed by atoms with Crippen molar-refractivity contribution >= 4 is 11.0 Å². The molecule has 0 aliphatic carbocycles. The molecule has 0 aliphatic heterocycles. The average molecular weight is 751 g/mol. The van der Waals surface area contributed by atoms with Crippen LogP contribution in [0.3, 0.4) is 0 Å². The Labute approximate surface area is 326 Å². The van der Waals surface area contributed by atoms with Crippen LogP contribution in [0.1, 0.15) is 169 Å². The fourth-order valence-electron chi connectivity index (χ4n) is 7.67. The van der Waals surface area contributed by atoms with Crippen LogP contribution < -0.4 is 14.9 Å². The maximum atomic E-state index is 15.3. The molecule has 0 radical (unpaired) electrons. The Hall–Kier alpha value is -3.35. The third-order valence-electron chi connectivity index (χ3n) is 11.7. The summed E-state index contributed by atoms with van der Waals surface area (Å²) in [5, 5.41) is 33.7. The molecule has 0 fully saturated rings. The monoisotopic (exact) mass is 751 g/mol. The van der Waals surface area contributed by atoms with E-state index in [-0.39, 0.29) is 46.0 Å². The third-order valence-corrected chi connectivity index (χ3v) is 11.7. The quantitative estimate of drug-likeness (QED) is 0.0665. The molecular weight excluding hydrogens is 677 g/mol. The van der Waals surface area contributed by atoms with Gasteiger partial charge in [0.05, 0.1) is 13.2 Å². The van der Waals surface area contributed by atoms with Gasteiger partial charge in [-0.1, -0.05) is 145 Å². The minimum atomic E-state index is -0.327. The first-order valence-electron chi connectivity index (χ1n) is 21.8. The van der Waals surface area contributed by atoms with Crippen molar-refractivity contribution in [1.29, 1.82) is 0 Å². The van der Waals surface area contributed by atoms with Gasteiger partial charge >= 0.3 is 0 Å². The van der Waals surface area contributed by atoms with Crippen LogP contribution in [-0.4, -0.2) is 28.5 Å². The Balaban J connectivity index is 2.49. The van der Waals surface area contributed by atoms with Crippen LogP contribution in [0.25, 0.3) is 22.3 Å². The third kappa shape index (κ3) is 12.1. The lowest BCUT2D eigenvalue weighted by Crippen LogP contribution is -2.20. The van der Waals surface area contributed by atoms with E-state index in [1.807, 2.05) is 0 Å². The van der Waals surface area contributed by atoms with Crippen molar-refractivity contribution in [3.8, 4) is 40.1 Å². The van der Waals surface area contributed by atoms with Crippen molar-refractivity contribution in [2.24, 2.45) is 23.7 Å². The first kappa shape index (κ1) is 45.0. The van der Waals surface area contributed by atoms with Gasteiger partial charge in [0.2, 0.25) is 11.2 Å². The number of phenolic OH excluding ortho intramolecular Hbond substituents is 3. The van der Waals surface area contributed by atoms with Crippen molar-refractivity contribution in [3.63, 3.8) is 0 Å². The highest BCUT2D eigenvalue weighted by Crippen LogP contribution is 2.46. The summed E-state index contributed by atoms with van der Waals surface area (Å²) in [5.74, 6) is 1.42. The number of aromatic hydroxyl groups is 3. The van der Waals surface area contributed by atoms with E-state index in [1.165, 1.54) is 12.1 Å². The van der Waals surface area contributed by atoms with Crippen LogP contribution in [0.5, 0.6) is 28.7 Å². The summed E-state index contributed by atoms with van der Waals surface area (Å²) < 4.78 is 20.3. The Morgan fingerprint density at radius 1 is 0.593 bits per heavy atom. The van der Waals surface area contributed by atoms with Crippen LogP contribution in [0, 0.1) is 23.7 Å². The molecule has 7 heteroatoms. The molecule has 4 unspecified atom stereocenters. The van der Waals surface area contributed by atoms with Gasteiger partial charge in [-0.15, -0.1) is 0 Å². The summed E-state index contributed by atoms with van der Waals surface area (Å²) in [6.45, 7) is 18.3. The SMILES string of the molecule is CCCCC(CC)COc1c(-c2ccc(O)c(O)c2)oc2c(CC(CC)CCCC)c(O)c(CC(CC)CCCC)c(OCC(CC)CCCC)c2c1=O. The van der Waals surface area contributed by atoms with Gasteiger partial charge in [-0.3, -0.25) is 4.79 Å². The minimum absolute atomic E-state index is 0.0732. The van der Waals surface area contributed by atoms with Crippen molar-refractivity contribution in [2.45, 2.75) is 171 Å². The van der Waals surface area contributed by atoms with Gasteiger partial charge in [0.15, 0.2) is 17.3 Å². The molecule has 1 heterocycles. The molecule has 0 bridgehead atoms. The molecule has 0 saturated heterocycles. The standard InChI is InChI=1S/C47H74O7/c1-9-17-21-32(13-5)27-37-42(50)38(28-33(14-6)22-18-10-2)46-41(45(37)52-30-34(15-7)23-19-11-3)43(51)47(53-31-35(16-8)24-20-12-4)44(54-46)36-25-26-39(48)40(49)29-36/h25-26,29,32-35,48-50H,9-24,27-28,30-31H2,1-8H3. The molecule has 54 heavy (non-hydrogen) atoms. The molecule has 0 aliphatic rings. The van der Waals surface area contributed by atoms with E-state index >= 15 is 4.79 Å². The fourth-order valence-corrected chi connectivity index (χ4v) is 7.67. The Bertz CT molecular complexity index is 1610. The zero-order valence-electron chi connectivity index (χ0n) is 35.2. The lowest BCUT2D eigenvalue weighted by Gasteiger charge is -2.25. The smallest absolute Gasteiger partial charge is 0.239 e. The highest BCUT2D eigenvalue weighted by Gasteiger charge is 2.31. The topological polar surface area (TPSA) is 109 Å². The largest absolute Gasteiger partial charge is 0.507 e. The summed E-state index contributed by atoms with van der Waals surface area (Å²) in [7, 11) is 0. The molecule has 304 valence electrons. The molecule has 1 aromatic heterocycles. The number of ether oxygens (including phenoxy) is 2. The predicted molar refractivity (Wildman–Crippen MR) is 225 cm³/mol. The summed E-state index contributed by atoms with van der Waals surface area (Å²) in [4.78, 5) is 15.3. The van der Waals surface area contributed by atoms with Gasteiger partial charge in [-0.2, -0.15) is 0 Å². The van der Waals surface area contributed by atoms with Crippen LogP contribution in [-0.2, 0) is 12.8 Å². The van der Waals surface area contributed by atoms with Crippen LogP contribution in [0.2, 0.25) is 0 Å². The molecular formula is C47H74O7. The summed E-state index contributed by atoms with van der Waals surface area (Å²) in [6, 6.07) is 4.42. The Morgan fingerprint density at radius 2 is 1.06 bits per heavy atom. The van der Waals surface area contributed by atoms with Crippen LogP contribution in [0.4, 0.5) is 0 Å². The molecule has 0 amide bonds. The molecule has 7 nitrogen and oxygen atoms in total. The maximum absolute atomic E-state index is 15.3. The predicted octanol–water partition coefficient (Wildman–Crippen LogP) is 13.3. The minimum Gasteiger partial charge on any atom is -0.507 e. The molecule has 3 N–H and O–H groups in total. The molecule has 3 aromatic rings. The van der Waals surface area contributed by atoms with Crippen LogP contribution in [0.15, 0.2) is 27.4 Å². The lowest BCUT2D eigenvalue weighted by atomic mass is 9.85. The summed E-state index contributed by atoms with van der Waals surface area (Å²) in [6.07, 6.45) is 17.7. The zero-order valence-corrected chi connectivity index (χ0v) is 35.2. The number of phenols is 3. The number of hydrogen-bond acceptors (Lipinski definition) is 7. The van der Waals surface area contributed by atoms with Crippen molar-refractivity contribution in [1.82, 2.24) is 0 Å². The number of hydrogen-bond donors (Lipinski definition) is 3. The van der Waals surface area contributed by atoms with Gasteiger partial charge in [-0.25, -0.2) is 0 Å². The highest BCUT2D eigenvalue weighted by atomic mass is 16.5. The van der Waals surface area contributed by atoms with E-state index in [2.05, 4.69) is 55.4 Å². The van der Waals surface area contributed by atoms with Gasteiger partial charge < -0.3 is 29.2 Å². The molecule has 4 atom stereocenters. The van der Waals surface area contributed by atoms with Crippen LogP contribution >= 0.6 is 0 Å². The first-order valence-corrected chi connectivity index (χ1v) is 21.8. The second-order valence-corrected chi connectivity index (χ2v) is 15.8. The second kappa shape index (κ2) is 23.5. The first-order chi connectivity index (χ1) is 26.1. The van der Waals surface area contributed by atoms with Crippen molar-refractivity contribution < 1.29 is 29.2 Å². The van der Waals surface area contributed by atoms with Gasteiger partial charge in [0.25, 0.3) is 0 Å². The summed E-state index contributed by atoms with van der Waals surface area (Å²) in [5.41, 5.74) is 1.75. The average Bonchev–Trinajstić information content (AvgIpc) is 3.18.